The van der Waals surface area contributed by atoms with Gasteiger partial charge in [0.25, 0.3) is 0 Å². The predicted molar refractivity (Wildman–Crippen MR) is 84.6 cm³/mol. The number of nitrogens with one attached hydrogen (secondary N) is 1. The molecule has 0 aromatic carbocycles. The van der Waals surface area contributed by atoms with Crippen LogP contribution in [0.4, 0.5) is 0 Å². The maximum Gasteiger partial charge on any atom is 0.303 e. The molecule has 0 aliphatic heterocycles. The summed E-state index contributed by atoms with van der Waals surface area (Å²) in [6.07, 6.45) is 0.466. The molecule has 0 spiro atoms. The van der Waals surface area contributed by atoms with Crippen molar-refractivity contribution >= 4 is 46.6 Å². The van der Waals surface area contributed by atoms with E-state index in [-0.39, 0.29) is 12.3 Å². The first kappa shape index (κ1) is 17.3. The summed E-state index contributed by atoms with van der Waals surface area (Å²) in [4.78, 5) is 23.5. The van der Waals surface area contributed by atoms with Crippen LogP contribution >= 0.6 is 34.7 Å². The third kappa shape index (κ3) is 7.17. The van der Waals surface area contributed by atoms with Crippen molar-refractivity contribution in [2.75, 3.05) is 5.75 Å². The van der Waals surface area contributed by atoms with Crippen molar-refractivity contribution in [1.29, 1.82) is 0 Å². The summed E-state index contributed by atoms with van der Waals surface area (Å²) in [6.45, 7) is 3.66. The maximum absolute atomic E-state index is 11.8. The monoisotopic (exact) mass is 335 g/mol. The molecule has 112 valence electrons. The summed E-state index contributed by atoms with van der Waals surface area (Å²) in [5, 5.41) is 11.5. The summed E-state index contributed by atoms with van der Waals surface area (Å²) in [5.41, 5.74) is -0.498. The minimum absolute atomic E-state index is 0.0497. The second-order valence-corrected chi connectivity index (χ2v) is 7.81. The van der Waals surface area contributed by atoms with E-state index in [1.54, 1.807) is 0 Å². The van der Waals surface area contributed by atoms with Crippen molar-refractivity contribution in [3.63, 3.8) is 0 Å². The molecule has 0 unspecified atom stereocenters. The minimum atomic E-state index is -0.851. The Labute approximate surface area is 131 Å². The highest BCUT2D eigenvalue weighted by Gasteiger charge is 2.21. The number of carboxylic acid groups (broad SMARTS) is 1. The number of thioether (sulfide) groups is 1. The fraction of sp³-hybridized carbons (Fsp3) is 0.538. The Bertz CT molecular complexity index is 474. The van der Waals surface area contributed by atoms with Crippen molar-refractivity contribution in [3.8, 4) is 0 Å². The molecule has 1 heterocycles. The lowest BCUT2D eigenvalue weighted by molar-refractivity contribution is -0.137. The van der Waals surface area contributed by atoms with Gasteiger partial charge in [0.1, 0.15) is 0 Å². The van der Waals surface area contributed by atoms with E-state index in [1.807, 2.05) is 26.0 Å². The van der Waals surface area contributed by atoms with Gasteiger partial charge in [-0.2, -0.15) is 0 Å². The average molecular weight is 336 g/mol. The lowest BCUT2D eigenvalue weighted by Gasteiger charge is -2.25. The summed E-state index contributed by atoms with van der Waals surface area (Å²) >= 11 is 8.86. The van der Waals surface area contributed by atoms with Gasteiger partial charge in [-0.05, 0) is 32.4 Å². The standard InChI is InChI=1S/C13H18ClNO3S2/c1-13(2,6-5-12(17)18)15-11(16)8-19-7-9-3-4-10(14)20-9/h3-4H,5-8H2,1-2H3,(H,15,16)(H,17,18). The van der Waals surface area contributed by atoms with Crippen LogP contribution in [0.1, 0.15) is 31.6 Å². The van der Waals surface area contributed by atoms with E-state index >= 15 is 0 Å². The second-order valence-electron chi connectivity index (χ2n) is 5.02. The van der Waals surface area contributed by atoms with Gasteiger partial charge in [-0.1, -0.05) is 11.6 Å². The topological polar surface area (TPSA) is 66.4 Å². The summed E-state index contributed by atoms with van der Waals surface area (Å²) < 4.78 is 0.750. The Kier molecular flexibility index (Phi) is 6.85. The molecule has 1 aromatic heterocycles. The van der Waals surface area contributed by atoms with Crippen LogP contribution in [0.25, 0.3) is 0 Å². The fourth-order valence-corrected chi connectivity index (χ4v) is 3.59. The number of carbonyl (C=O) groups is 2. The smallest absolute Gasteiger partial charge is 0.303 e. The normalized spacial score (nSPS) is 11.3. The molecule has 0 saturated carbocycles. The molecule has 7 heteroatoms. The van der Waals surface area contributed by atoms with Crippen molar-refractivity contribution < 1.29 is 14.7 Å². The summed E-state index contributed by atoms with van der Waals surface area (Å²) in [5.74, 6) is 0.177. The van der Waals surface area contributed by atoms with Crippen LogP contribution in [-0.4, -0.2) is 28.3 Å². The molecule has 0 aliphatic carbocycles. The van der Waals surface area contributed by atoms with Gasteiger partial charge >= 0.3 is 5.97 Å². The van der Waals surface area contributed by atoms with E-state index in [0.29, 0.717) is 12.2 Å². The molecule has 0 saturated heterocycles. The van der Waals surface area contributed by atoms with Crippen molar-refractivity contribution in [2.45, 2.75) is 38.0 Å². The van der Waals surface area contributed by atoms with Gasteiger partial charge in [-0.15, -0.1) is 23.1 Å². The lowest BCUT2D eigenvalue weighted by atomic mass is 9.98. The van der Waals surface area contributed by atoms with Crippen molar-refractivity contribution in [3.05, 3.63) is 21.3 Å². The zero-order valence-electron chi connectivity index (χ0n) is 11.4. The fourth-order valence-electron chi connectivity index (χ4n) is 1.57. The van der Waals surface area contributed by atoms with E-state index < -0.39 is 11.5 Å². The number of hydrogen-bond acceptors (Lipinski definition) is 4. The summed E-state index contributed by atoms with van der Waals surface area (Å²) in [6, 6.07) is 3.80. The van der Waals surface area contributed by atoms with Crippen LogP contribution in [-0.2, 0) is 15.3 Å². The van der Waals surface area contributed by atoms with Crippen LogP contribution in [0.15, 0.2) is 12.1 Å². The maximum atomic E-state index is 11.8. The van der Waals surface area contributed by atoms with Gasteiger partial charge in [-0.3, -0.25) is 9.59 Å². The zero-order valence-corrected chi connectivity index (χ0v) is 13.8. The Hall–Kier alpha value is -0.720. The number of halogens is 1. The lowest BCUT2D eigenvalue weighted by Crippen LogP contribution is -2.44. The number of hydrogen-bond donors (Lipinski definition) is 2. The van der Waals surface area contributed by atoms with E-state index in [1.165, 1.54) is 23.1 Å². The Morgan fingerprint density at radius 3 is 2.70 bits per heavy atom. The van der Waals surface area contributed by atoms with E-state index in [0.717, 1.165) is 15.0 Å². The minimum Gasteiger partial charge on any atom is -0.481 e. The number of aliphatic carboxylic acids is 1. The van der Waals surface area contributed by atoms with Gasteiger partial charge < -0.3 is 10.4 Å². The van der Waals surface area contributed by atoms with Crippen LogP contribution in [0.2, 0.25) is 4.34 Å². The van der Waals surface area contributed by atoms with Crippen LogP contribution in [0.3, 0.4) is 0 Å². The van der Waals surface area contributed by atoms with Gasteiger partial charge in [-0.25, -0.2) is 0 Å². The number of carbonyl (C=O) groups excluding carboxylic acids is 1. The van der Waals surface area contributed by atoms with Gasteiger partial charge in [0.05, 0.1) is 10.1 Å². The Morgan fingerprint density at radius 1 is 1.45 bits per heavy atom. The first-order valence-electron chi connectivity index (χ1n) is 6.13. The molecule has 4 nitrogen and oxygen atoms in total. The third-order valence-corrected chi connectivity index (χ3v) is 4.94. The Balaban J connectivity index is 2.27. The highest BCUT2D eigenvalue weighted by atomic mass is 35.5. The molecule has 0 aliphatic rings. The van der Waals surface area contributed by atoms with Crippen LogP contribution in [0, 0.1) is 0 Å². The number of amides is 1. The number of thiophene rings is 1. The van der Waals surface area contributed by atoms with E-state index in [4.69, 9.17) is 16.7 Å². The molecule has 0 atom stereocenters. The van der Waals surface area contributed by atoms with Gasteiger partial charge in [0.15, 0.2) is 0 Å². The third-order valence-electron chi connectivity index (χ3n) is 2.55. The molecule has 20 heavy (non-hydrogen) atoms. The summed E-state index contributed by atoms with van der Waals surface area (Å²) in [7, 11) is 0. The Morgan fingerprint density at radius 2 is 2.15 bits per heavy atom. The average Bonchev–Trinajstić information content (AvgIpc) is 2.72. The molecule has 0 radical (unpaired) electrons. The molecule has 1 aromatic rings. The first-order valence-corrected chi connectivity index (χ1v) is 8.48. The highest BCUT2D eigenvalue weighted by molar-refractivity contribution is 7.99. The van der Waals surface area contributed by atoms with Crippen molar-refractivity contribution in [1.82, 2.24) is 5.32 Å². The van der Waals surface area contributed by atoms with Crippen LogP contribution < -0.4 is 5.32 Å². The largest absolute Gasteiger partial charge is 0.481 e. The highest BCUT2D eigenvalue weighted by Crippen LogP contribution is 2.25. The SMILES string of the molecule is CC(C)(CCC(=O)O)NC(=O)CSCc1ccc(Cl)s1. The van der Waals surface area contributed by atoms with Crippen LogP contribution in [0.5, 0.6) is 0 Å². The van der Waals surface area contributed by atoms with E-state index in [9.17, 15) is 9.59 Å². The van der Waals surface area contributed by atoms with Gasteiger partial charge in [0.2, 0.25) is 5.91 Å². The number of rotatable bonds is 8. The zero-order chi connectivity index (χ0) is 15.2. The molecular weight excluding hydrogens is 318 g/mol. The molecule has 1 amide bonds. The van der Waals surface area contributed by atoms with E-state index in [2.05, 4.69) is 5.32 Å². The molecular formula is C13H18ClNO3S2. The number of carboxylic acids is 1. The van der Waals surface area contributed by atoms with Gasteiger partial charge in [0, 0.05) is 22.6 Å². The first-order chi connectivity index (χ1) is 9.28. The quantitative estimate of drug-likeness (QED) is 0.764. The molecule has 1 rings (SSSR count). The molecule has 0 bridgehead atoms. The van der Waals surface area contributed by atoms with Crippen molar-refractivity contribution in [2.24, 2.45) is 0 Å². The molecule has 0 fully saturated rings. The molecule has 2 N–H and O–H groups in total. The second kappa shape index (κ2) is 7.90. The predicted octanol–water partition coefficient (Wildman–Crippen LogP) is 3.39.